The van der Waals surface area contributed by atoms with Gasteiger partial charge in [-0.05, 0) is 49.6 Å². The number of ketones is 1. The lowest BCUT2D eigenvalue weighted by Crippen LogP contribution is -2.57. The van der Waals surface area contributed by atoms with E-state index in [-0.39, 0.29) is 24.2 Å². The largest absolute Gasteiger partial charge is 0.456 e. The highest BCUT2D eigenvalue weighted by Gasteiger charge is 2.47. The van der Waals surface area contributed by atoms with Gasteiger partial charge in [-0.25, -0.2) is 0 Å². The third-order valence-electron chi connectivity index (χ3n) is 6.98. The van der Waals surface area contributed by atoms with E-state index in [1.165, 1.54) is 10.6 Å². The van der Waals surface area contributed by atoms with Crippen LogP contribution < -0.4 is 5.32 Å². The van der Waals surface area contributed by atoms with Gasteiger partial charge in [0.15, 0.2) is 0 Å². The maximum absolute atomic E-state index is 13.1. The maximum Gasteiger partial charge on any atom is 0.456 e. The molecule has 0 radical (unpaired) electrons. The molecule has 6 nitrogen and oxygen atoms in total. The van der Waals surface area contributed by atoms with Gasteiger partial charge in [0.1, 0.15) is 0 Å². The van der Waals surface area contributed by atoms with Gasteiger partial charge in [0.05, 0.1) is 30.9 Å². The second-order valence-electron chi connectivity index (χ2n) is 9.52. The minimum Gasteiger partial charge on any atom is -0.376 e. The van der Waals surface area contributed by atoms with Gasteiger partial charge in [0, 0.05) is 36.9 Å². The number of rotatable bonds is 6. The summed E-state index contributed by atoms with van der Waals surface area (Å²) >= 11 is 0. The van der Waals surface area contributed by atoms with Crippen LogP contribution in [0.25, 0.3) is 0 Å². The number of halogens is 6. The molecule has 2 aromatic rings. The van der Waals surface area contributed by atoms with Gasteiger partial charge in [-0.2, -0.15) is 26.3 Å². The summed E-state index contributed by atoms with van der Waals surface area (Å²) in [6.07, 6.45) is -9.35. The molecule has 1 saturated heterocycles. The molecule has 1 spiro atoms. The normalized spacial score (nSPS) is 19.6. The molecule has 0 aliphatic carbocycles. The molecule has 1 unspecified atom stereocenters. The summed E-state index contributed by atoms with van der Waals surface area (Å²) in [7, 11) is 0. The van der Waals surface area contributed by atoms with Crippen LogP contribution in [0, 0.1) is 0 Å². The Morgan fingerprint density at radius 2 is 1.68 bits per heavy atom. The van der Waals surface area contributed by atoms with Crippen LogP contribution >= 0.6 is 0 Å². The monoisotopic (exact) mass is 531 g/mol. The van der Waals surface area contributed by atoms with Crippen molar-refractivity contribution in [2.24, 2.45) is 0 Å². The molecule has 1 N–H and O–H groups in total. The number of likely N-dealkylation sites (tertiary alicyclic amines) is 1. The number of hydrogen-bond donors (Lipinski definition) is 1. The molecule has 1 atom stereocenters. The van der Waals surface area contributed by atoms with Crippen LogP contribution in [0.2, 0.25) is 0 Å². The predicted octanol–water partition coefficient (Wildman–Crippen LogP) is 5.00. The molecule has 0 saturated carbocycles. The third-order valence-corrected chi connectivity index (χ3v) is 6.98. The molecule has 0 bridgehead atoms. The molecule has 1 fully saturated rings. The molecule has 37 heavy (non-hydrogen) atoms. The molecule has 202 valence electrons. The first-order valence-corrected chi connectivity index (χ1v) is 11.9. The lowest BCUT2D eigenvalue weighted by Gasteiger charge is -2.47. The van der Waals surface area contributed by atoms with Crippen LogP contribution in [0.4, 0.5) is 26.3 Å². The molecular formula is C25H27F6N3O3. The molecule has 1 aromatic carbocycles. The average molecular weight is 531 g/mol. The fourth-order valence-electron chi connectivity index (χ4n) is 5.00. The molecule has 12 heteroatoms. The molecule has 3 heterocycles. The molecule has 2 aliphatic rings. The van der Waals surface area contributed by atoms with E-state index in [0.717, 1.165) is 0 Å². The van der Waals surface area contributed by atoms with E-state index >= 15 is 0 Å². The average Bonchev–Trinajstić information content (AvgIpc) is 3.30. The summed E-state index contributed by atoms with van der Waals surface area (Å²) in [6.45, 7) is 2.41. The number of carbonyl (C=O) groups is 2. The van der Waals surface area contributed by atoms with Gasteiger partial charge in [0.25, 0.3) is 11.7 Å². The Bertz CT molecular complexity index is 1130. The van der Waals surface area contributed by atoms with Crippen LogP contribution in [-0.4, -0.2) is 59.8 Å². The fourth-order valence-corrected chi connectivity index (χ4v) is 5.00. The Morgan fingerprint density at radius 3 is 2.27 bits per heavy atom. The summed E-state index contributed by atoms with van der Waals surface area (Å²) in [6, 6.07) is 8.89. The highest BCUT2D eigenvalue weighted by molar-refractivity contribution is 5.99. The van der Waals surface area contributed by atoms with E-state index in [0.29, 0.717) is 49.3 Å². The number of carbonyl (C=O) groups excluding carboxylic acids is 2. The molecule has 1 aromatic heterocycles. The summed E-state index contributed by atoms with van der Waals surface area (Å²) in [4.78, 5) is 26.7. The lowest BCUT2D eigenvalue weighted by molar-refractivity contribution is -0.146. The highest BCUT2D eigenvalue weighted by atomic mass is 19.4. The number of benzene rings is 1. The van der Waals surface area contributed by atoms with Crippen LogP contribution in [-0.2, 0) is 16.9 Å². The fraction of sp³-hybridized carbons (Fsp3) is 0.520. The lowest BCUT2D eigenvalue weighted by atomic mass is 9.82. The van der Waals surface area contributed by atoms with Crippen LogP contribution in [0.3, 0.4) is 0 Å². The zero-order valence-corrected chi connectivity index (χ0v) is 20.1. The molecule has 2 aliphatic heterocycles. The van der Waals surface area contributed by atoms with Gasteiger partial charge in [-0.15, -0.1) is 0 Å². The Labute approximate surface area is 209 Å². The zero-order valence-electron chi connectivity index (χ0n) is 20.1. The first-order chi connectivity index (χ1) is 17.3. The van der Waals surface area contributed by atoms with Gasteiger partial charge >= 0.3 is 12.4 Å². The van der Waals surface area contributed by atoms with Gasteiger partial charge in [-0.1, -0.05) is 12.1 Å². The van der Waals surface area contributed by atoms with Crippen molar-refractivity contribution in [1.82, 2.24) is 14.8 Å². The number of fused-ring (bicyclic) bond motifs is 2. The predicted molar refractivity (Wildman–Crippen MR) is 121 cm³/mol. The van der Waals surface area contributed by atoms with E-state index in [4.69, 9.17) is 4.74 Å². The maximum atomic E-state index is 13.1. The molecule has 4 rings (SSSR count). The Kier molecular flexibility index (Phi) is 7.44. The number of amides is 1. The number of hydrogen-bond acceptors (Lipinski definition) is 4. The third kappa shape index (κ3) is 5.85. The number of ether oxygens (including phenoxy) is 1. The van der Waals surface area contributed by atoms with Gasteiger partial charge in [0.2, 0.25) is 0 Å². The highest BCUT2D eigenvalue weighted by Crippen LogP contribution is 2.40. The number of Topliss-reactive ketones (excluding diaryl/α,β-unsaturated/α-hetero) is 1. The van der Waals surface area contributed by atoms with Gasteiger partial charge < -0.3 is 19.5 Å². The first kappa shape index (κ1) is 27.2. The van der Waals surface area contributed by atoms with E-state index in [1.54, 1.807) is 42.2 Å². The molecule has 1 amide bonds. The summed E-state index contributed by atoms with van der Waals surface area (Å²) in [5, 5.41) is 3.44. The van der Waals surface area contributed by atoms with Crippen molar-refractivity contribution in [3.8, 4) is 0 Å². The minimum absolute atomic E-state index is 0.000641. The topological polar surface area (TPSA) is 63.6 Å². The Balaban J connectivity index is 1.39. The summed E-state index contributed by atoms with van der Waals surface area (Å²) in [5.74, 6) is -2.09. The smallest absolute Gasteiger partial charge is 0.376 e. The van der Waals surface area contributed by atoms with E-state index in [1.807, 2.05) is 0 Å². The van der Waals surface area contributed by atoms with Crippen molar-refractivity contribution < 1.29 is 40.7 Å². The van der Waals surface area contributed by atoms with Crippen molar-refractivity contribution in [2.45, 2.75) is 56.7 Å². The van der Waals surface area contributed by atoms with E-state index in [2.05, 4.69) is 5.32 Å². The minimum atomic E-state index is -4.96. The number of nitrogens with one attached hydrogen (secondary N) is 1. The van der Waals surface area contributed by atoms with Crippen LogP contribution in [0.15, 0.2) is 36.4 Å². The number of piperidine rings is 1. The SMILES string of the molecule is CC1CNC2(CCN(C(=O)c3ccc(COCCC(F)(F)F)cc3)CC2)c2ccc(C(=O)C(F)(F)F)n21. The number of nitrogens with zero attached hydrogens (tertiary/aromatic N) is 2. The van der Waals surface area contributed by atoms with Crippen molar-refractivity contribution in [3.63, 3.8) is 0 Å². The van der Waals surface area contributed by atoms with Crippen molar-refractivity contribution in [3.05, 3.63) is 58.9 Å². The number of alkyl halides is 6. The second-order valence-corrected chi connectivity index (χ2v) is 9.52. The quantitative estimate of drug-likeness (QED) is 0.324. The zero-order chi connectivity index (χ0) is 27.0. The summed E-state index contributed by atoms with van der Waals surface area (Å²) < 4.78 is 82.5. The second kappa shape index (κ2) is 10.1. The Hall–Kier alpha value is -2.86. The summed E-state index contributed by atoms with van der Waals surface area (Å²) in [5.41, 5.74) is 0.645. The van der Waals surface area contributed by atoms with Crippen molar-refractivity contribution in [2.75, 3.05) is 26.2 Å². The van der Waals surface area contributed by atoms with Crippen LogP contribution in [0.1, 0.15) is 64.3 Å². The van der Waals surface area contributed by atoms with E-state index in [9.17, 15) is 35.9 Å². The van der Waals surface area contributed by atoms with Crippen LogP contribution in [0.5, 0.6) is 0 Å². The van der Waals surface area contributed by atoms with Crippen molar-refractivity contribution >= 4 is 11.7 Å². The molecular weight excluding hydrogens is 504 g/mol. The van der Waals surface area contributed by atoms with Gasteiger partial charge in [-0.3, -0.25) is 9.59 Å². The van der Waals surface area contributed by atoms with Crippen molar-refractivity contribution in [1.29, 1.82) is 0 Å². The number of aromatic nitrogens is 1. The first-order valence-electron chi connectivity index (χ1n) is 11.9. The van der Waals surface area contributed by atoms with E-state index < -0.39 is 36.7 Å². The standard InChI is InChI=1S/C25H27F6N3O3/c1-16-14-32-23(20-7-6-19(34(16)20)21(35)25(29,30)31)8-11-33(12-9-23)22(36)18-4-2-17(3-5-18)15-37-13-10-24(26,27)28/h2-7,16,32H,8-15H2,1H3. The Morgan fingerprint density at radius 1 is 1.03 bits per heavy atom.